The minimum atomic E-state index is -3.13. The molecular formula is C45H52ClF2N11O4. The number of aryl methyl sites for hydroxylation is 2. The number of nitrogens with zero attached hydrogens (tertiary/aromatic N) is 8. The minimum Gasteiger partial charge on any atom is -0.480 e. The zero-order valence-corrected chi connectivity index (χ0v) is 36.6. The molecule has 0 radical (unpaired) electrons. The van der Waals surface area contributed by atoms with Crippen LogP contribution in [0.4, 0.5) is 37.6 Å². The maximum atomic E-state index is 15.2. The molecule has 3 saturated heterocycles. The molecule has 15 nitrogen and oxygen atoms in total. The Labute approximate surface area is 368 Å². The first-order valence-corrected chi connectivity index (χ1v) is 22.3. The highest BCUT2D eigenvalue weighted by Gasteiger charge is 2.51. The van der Waals surface area contributed by atoms with Crippen molar-refractivity contribution < 1.29 is 23.1 Å². The highest BCUT2D eigenvalue weighted by atomic mass is 35.5. The van der Waals surface area contributed by atoms with Gasteiger partial charge in [0.2, 0.25) is 23.5 Å². The molecule has 10 rings (SSSR count). The van der Waals surface area contributed by atoms with E-state index < -0.39 is 30.0 Å². The van der Waals surface area contributed by atoms with Crippen LogP contribution >= 0.6 is 11.6 Å². The summed E-state index contributed by atoms with van der Waals surface area (Å²) >= 11 is 6.68. The zero-order chi connectivity index (χ0) is 43.9. The third-order valence-electron chi connectivity index (χ3n) is 14.0. The van der Waals surface area contributed by atoms with Gasteiger partial charge in [0.25, 0.3) is 5.56 Å². The maximum Gasteiger partial charge on any atom is 0.301 e. The Hall–Kier alpha value is -5.55. The smallest absolute Gasteiger partial charge is 0.301 e. The second-order valence-electron chi connectivity index (χ2n) is 18.7. The van der Waals surface area contributed by atoms with Gasteiger partial charge in [0.15, 0.2) is 12.4 Å². The number of imide groups is 1. The molecule has 5 aromatic rings. The number of anilines is 5. The molecule has 2 amide bonds. The number of hydrogen-bond donors (Lipinski definition) is 3. The van der Waals surface area contributed by atoms with E-state index in [-0.39, 0.29) is 34.6 Å². The van der Waals surface area contributed by atoms with Crippen LogP contribution in [0.1, 0.15) is 57.6 Å². The fourth-order valence-corrected chi connectivity index (χ4v) is 10.3. The number of alkyl halides is 2. The molecule has 5 aliphatic rings. The van der Waals surface area contributed by atoms with Gasteiger partial charge < -0.3 is 29.7 Å². The number of ether oxygens (including phenoxy) is 1. The van der Waals surface area contributed by atoms with Crippen molar-refractivity contribution >= 4 is 74.0 Å². The Kier molecular flexibility index (Phi) is 10.3. The molecule has 4 aliphatic heterocycles. The van der Waals surface area contributed by atoms with Crippen LogP contribution in [-0.2, 0) is 23.7 Å². The molecule has 18 heteroatoms. The molecule has 2 aromatic carbocycles. The van der Waals surface area contributed by atoms with Crippen LogP contribution < -0.4 is 36.0 Å². The van der Waals surface area contributed by atoms with Crippen molar-refractivity contribution in [2.24, 2.45) is 31.3 Å². The van der Waals surface area contributed by atoms with Crippen LogP contribution in [0.25, 0.3) is 21.8 Å². The molecule has 0 spiro atoms. The standard InChI is InChI=1S/C45H52ClF2N11O4/c1-44(2)23-59(14-13-26(44)22-57-15-17-58(18-16-57)28-8-9-29-34(20-28)56(4)54-36(29)30-10-12-35(60)51-41(30)61)43-49-21-32(46)40(53-43)50-27-7-11-33-31(19-27)37-38(42(62)55(33)3)63-24-45(47,48)39(52-37)25-5-6-25/h7-9,11,19-21,25-26,30,39,52H,5-6,10,12-18,22-24H2,1-4H3,(H,49,50,53)(H,51,60,61). The highest BCUT2D eigenvalue weighted by molar-refractivity contribution is 6.33. The lowest BCUT2D eigenvalue weighted by atomic mass is 9.73. The first-order chi connectivity index (χ1) is 30.1. The van der Waals surface area contributed by atoms with E-state index in [2.05, 4.69) is 67.7 Å². The summed E-state index contributed by atoms with van der Waals surface area (Å²) < 4.78 is 39.2. The summed E-state index contributed by atoms with van der Waals surface area (Å²) in [6, 6.07) is 10.6. The molecule has 1 saturated carbocycles. The molecule has 3 N–H and O–H groups in total. The van der Waals surface area contributed by atoms with Gasteiger partial charge in [-0.25, -0.2) is 13.8 Å². The van der Waals surface area contributed by atoms with E-state index in [0.29, 0.717) is 65.0 Å². The summed E-state index contributed by atoms with van der Waals surface area (Å²) in [5, 5.41) is 15.4. The monoisotopic (exact) mass is 883 g/mol. The van der Waals surface area contributed by atoms with Crippen molar-refractivity contribution in [2.75, 3.05) is 72.9 Å². The van der Waals surface area contributed by atoms with Gasteiger partial charge in [0.05, 0.1) is 40.6 Å². The summed E-state index contributed by atoms with van der Waals surface area (Å²) in [6.45, 7) is 10.0. The van der Waals surface area contributed by atoms with E-state index in [1.165, 1.54) is 4.57 Å². The largest absolute Gasteiger partial charge is 0.480 e. The first-order valence-electron chi connectivity index (χ1n) is 21.9. The van der Waals surface area contributed by atoms with Crippen LogP contribution in [0.3, 0.4) is 0 Å². The lowest BCUT2D eigenvalue weighted by Crippen LogP contribution is -2.53. The lowest BCUT2D eigenvalue weighted by molar-refractivity contribution is -0.134. The number of rotatable bonds is 8. The molecule has 3 atom stereocenters. The Morgan fingerprint density at radius 3 is 2.48 bits per heavy atom. The number of nitrogens with one attached hydrogen (secondary N) is 3. The van der Waals surface area contributed by atoms with E-state index in [0.717, 1.165) is 74.5 Å². The summed E-state index contributed by atoms with van der Waals surface area (Å²) in [6.07, 6.45) is 4.76. The Morgan fingerprint density at radius 1 is 0.937 bits per heavy atom. The molecule has 1 aliphatic carbocycles. The lowest BCUT2D eigenvalue weighted by Gasteiger charge is -2.47. The van der Waals surface area contributed by atoms with Gasteiger partial charge in [-0.3, -0.25) is 29.3 Å². The second-order valence-corrected chi connectivity index (χ2v) is 19.1. The maximum absolute atomic E-state index is 15.2. The third kappa shape index (κ3) is 7.70. The molecule has 63 heavy (non-hydrogen) atoms. The van der Waals surface area contributed by atoms with Crippen molar-refractivity contribution in [3.05, 3.63) is 63.7 Å². The molecule has 7 heterocycles. The summed E-state index contributed by atoms with van der Waals surface area (Å²) in [4.78, 5) is 54.4. The topological polar surface area (TPSA) is 155 Å². The average molecular weight is 884 g/mol. The van der Waals surface area contributed by atoms with Crippen molar-refractivity contribution in [3.8, 4) is 5.75 Å². The van der Waals surface area contributed by atoms with E-state index in [9.17, 15) is 14.4 Å². The SMILES string of the molecule is Cn1nc(C2CCC(=O)NC2=O)c2ccc(N3CCN(CC4CCN(c5ncc(Cl)c(Nc6ccc7c(c6)c6c(c(=O)n7C)OCC(F)(F)C(C7CC7)N6)n5)CC4(C)C)CC3)cc21. The molecule has 3 unspecified atom stereocenters. The van der Waals surface area contributed by atoms with Gasteiger partial charge in [-0.15, -0.1) is 0 Å². The summed E-state index contributed by atoms with van der Waals surface area (Å²) in [5.74, 6) is -2.92. The van der Waals surface area contributed by atoms with E-state index in [1.807, 2.05) is 23.9 Å². The number of carbonyl (C=O) groups is 2. The quantitative estimate of drug-likeness (QED) is 0.156. The number of fused-ring (bicyclic) bond motifs is 4. The number of pyridine rings is 1. The first kappa shape index (κ1) is 41.5. The highest BCUT2D eigenvalue weighted by Crippen LogP contribution is 2.46. The van der Waals surface area contributed by atoms with Gasteiger partial charge in [-0.1, -0.05) is 25.4 Å². The molecule has 0 bridgehead atoms. The van der Waals surface area contributed by atoms with Gasteiger partial charge in [-0.2, -0.15) is 10.1 Å². The fraction of sp³-hybridized carbons (Fsp3) is 0.511. The van der Waals surface area contributed by atoms with Crippen LogP contribution in [0, 0.1) is 17.3 Å². The predicted octanol–water partition coefficient (Wildman–Crippen LogP) is 6.03. The van der Waals surface area contributed by atoms with Gasteiger partial charge in [-0.05, 0) is 79.3 Å². The Morgan fingerprint density at radius 2 is 1.73 bits per heavy atom. The molecule has 332 valence electrons. The van der Waals surface area contributed by atoms with Crippen LogP contribution in [0.15, 0.2) is 47.4 Å². The van der Waals surface area contributed by atoms with Gasteiger partial charge >= 0.3 is 5.92 Å². The van der Waals surface area contributed by atoms with Crippen molar-refractivity contribution in [1.82, 2.24) is 34.5 Å². The number of halogens is 3. The summed E-state index contributed by atoms with van der Waals surface area (Å²) in [5.41, 5.74) is 3.79. The number of amides is 2. The molecular weight excluding hydrogens is 832 g/mol. The minimum absolute atomic E-state index is 0.0347. The summed E-state index contributed by atoms with van der Waals surface area (Å²) in [7, 11) is 3.51. The van der Waals surface area contributed by atoms with Crippen LogP contribution in [0.5, 0.6) is 5.75 Å². The average Bonchev–Trinajstić information content (AvgIpc) is 4.06. The zero-order valence-electron chi connectivity index (χ0n) is 35.9. The van der Waals surface area contributed by atoms with E-state index in [4.69, 9.17) is 26.4 Å². The van der Waals surface area contributed by atoms with Crippen molar-refractivity contribution in [1.29, 1.82) is 0 Å². The Balaban J connectivity index is 0.791. The van der Waals surface area contributed by atoms with Crippen LogP contribution in [0.2, 0.25) is 5.02 Å². The van der Waals surface area contributed by atoms with E-state index in [1.54, 1.807) is 19.3 Å². The van der Waals surface area contributed by atoms with Crippen molar-refractivity contribution in [2.45, 2.75) is 63.8 Å². The van der Waals surface area contributed by atoms with Crippen molar-refractivity contribution in [3.63, 3.8) is 0 Å². The second kappa shape index (κ2) is 15.6. The van der Waals surface area contributed by atoms with E-state index >= 15 is 8.78 Å². The number of piperazine rings is 1. The number of piperidine rings is 2. The van der Waals surface area contributed by atoms with Gasteiger partial charge in [0, 0.05) is 88.5 Å². The molecule has 4 fully saturated rings. The Bertz CT molecular complexity index is 2710. The predicted molar refractivity (Wildman–Crippen MR) is 239 cm³/mol. The van der Waals surface area contributed by atoms with Crippen LogP contribution in [-0.4, -0.2) is 105 Å². The molecule has 3 aromatic heterocycles. The number of carbonyl (C=O) groups excluding carboxylic acids is 2. The fourth-order valence-electron chi connectivity index (χ4n) is 10.1. The number of aromatic nitrogens is 5. The number of hydrogen-bond acceptors (Lipinski definition) is 12. The van der Waals surface area contributed by atoms with Gasteiger partial charge in [0.1, 0.15) is 5.02 Å². The normalized spacial score (nSPS) is 23.8. The third-order valence-corrected chi connectivity index (χ3v) is 14.3. The number of benzene rings is 2.